The number of phenolic OH excluding ortho intramolecular Hbond substituents is 1. The van der Waals surface area contributed by atoms with E-state index in [0.717, 1.165) is 44.9 Å². The van der Waals surface area contributed by atoms with Crippen molar-refractivity contribution < 1.29 is 29.0 Å². The van der Waals surface area contributed by atoms with Crippen molar-refractivity contribution in [1.82, 2.24) is 15.5 Å². The molecule has 2 unspecified atom stereocenters. The van der Waals surface area contributed by atoms with Crippen LogP contribution in [-0.2, 0) is 19.1 Å². The van der Waals surface area contributed by atoms with Gasteiger partial charge < -0.3 is 31.1 Å². The number of rotatable bonds is 12. The Labute approximate surface area is 232 Å². The summed E-state index contributed by atoms with van der Waals surface area (Å²) in [4.78, 5) is 53.8. The molecule has 0 radical (unpaired) electrons. The van der Waals surface area contributed by atoms with Crippen LogP contribution >= 0.6 is 0 Å². The van der Waals surface area contributed by atoms with E-state index in [-0.39, 0.29) is 23.9 Å². The van der Waals surface area contributed by atoms with E-state index in [0.29, 0.717) is 12.0 Å². The van der Waals surface area contributed by atoms with Crippen molar-refractivity contribution in [2.75, 3.05) is 6.54 Å². The molecule has 0 heterocycles. The number of nitrogens with one attached hydrogen (secondary N) is 2. The number of amides is 4. The van der Waals surface area contributed by atoms with Gasteiger partial charge in [0.05, 0.1) is 6.42 Å². The molecule has 10 nitrogen and oxygen atoms in total. The topological polar surface area (TPSA) is 151 Å². The summed E-state index contributed by atoms with van der Waals surface area (Å²) in [7, 11) is 0. The molecular weight excluding hydrogens is 500 g/mol. The van der Waals surface area contributed by atoms with Crippen molar-refractivity contribution >= 4 is 23.8 Å². The van der Waals surface area contributed by atoms with E-state index < -0.39 is 47.9 Å². The van der Waals surface area contributed by atoms with Gasteiger partial charge in [0.1, 0.15) is 23.4 Å². The highest BCUT2D eigenvalue weighted by atomic mass is 16.6. The Balaban J connectivity index is 2.53. The van der Waals surface area contributed by atoms with Gasteiger partial charge in [-0.25, -0.2) is 4.79 Å². The maximum Gasteiger partial charge on any atom is 0.408 e. The molecule has 1 aromatic rings. The molecule has 1 aliphatic rings. The third-order valence-corrected chi connectivity index (χ3v) is 6.76. The van der Waals surface area contributed by atoms with Gasteiger partial charge in [-0.05, 0) is 52.5 Å². The number of nitrogens with two attached hydrogens (primary N) is 1. The second-order valence-corrected chi connectivity index (χ2v) is 11.4. The lowest BCUT2D eigenvalue weighted by Gasteiger charge is -2.36. The minimum Gasteiger partial charge on any atom is -0.507 e. The molecule has 0 spiro atoms. The number of para-hydroxylation sites is 1. The number of carbonyl (C=O) groups is 4. The molecule has 1 aromatic carbocycles. The largest absolute Gasteiger partial charge is 0.507 e. The molecule has 0 saturated heterocycles. The average Bonchev–Trinajstić information content (AvgIpc) is 2.84. The van der Waals surface area contributed by atoms with Crippen LogP contribution < -0.4 is 16.4 Å². The highest BCUT2D eigenvalue weighted by Crippen LogP contribution is 2.33. The van der Waals surface area contributed by atoms with Gasteiger partial charge in [0.15, 0.2) is 0 Å². The summed E-state index contributed by atoms with van der Waals surface area (Å²) in [5, 5.41) is 16.6. The number of hydrogen-bond donors (Lipinski definition) is 4. The van der Waals surface area contributed by atoms with E-state index in [1.807, 2.05) is 6.92 Å². The predicted molar refractivity (Wildman–Crippen MR) is 149 cm³/mol. The molecule has 0 aromatic heterocycles. The van der Waals surface area contributed by atoms with Gasteiger partial charge in [-0.1, -0.05) is 57.2 Å². The molecule has 2 rings (SSSR count). The number of aromatic hydroxyl groups is 1. The first kappa shape index (κ1) is 31.9. The van der Waals surface area contributed by atoms with Crippen LogP contribution in [-0.4, -0.2) is 58.1 Å². The van der Waals surface area contributed by atoms with Gasteiger partial charge >= 0.3 is 6.09 Å². The number of phenols is 1. The smallest absolute Gasteiger partial charge is 0.408 e. The minimum absolute atomic E-state index is 0.0328. The summed E-state index contributed by atoms with van der Waals surface area (Å²) in [6, 6.07) is 2.51. The van der Waals surface area contributed by atoms with Gasteiger partial charge in [0.25, 0.3) is 0 Å². The van der Waals surface area contributed by atoms with Crippen LogP contribution in [0.25, 0.3) is 0 Å². The lowest BCUT2D eigenvalue weighted by atomic mass is 9.94. The van der Waals surface area contributed by atoms with E-state index in [2.05, 4.69) is 10.6 Å². The van der Waals surface area contributed by atoms with Crippen LogP contribution in [0.5, 0.6) is 5.75 Å². The highest BCUT2D eigenvalue weighted by molar-refractivity contribution is 5.95. The van der Waals surface area contributed by atoms with E-state index in [1.54, 1.807) is 45.9 Å². The second-order valence-electron chi connectivity index (χ2n) is 11.4. The molecular formula is C29H46N4O6. The molecule has 1 saturated carbocycles. The van der Waals surface area contributed by atoms with Crippen LogP contribution in [0.3, 0.4) is 0 Å². The molecule has 2 atom stereocenters. The zero-order valence-electron chi connectivity index (χ0n) is 24.0. The second kappa shape index (κ2) is 14.7. The molecule has 0 bridgehead atoms. The number of alkyl carbamates (subject to hydrolysis) is 1. The van der Waals surface area contributed by atoms with E-state index in [4.69, 9.17) is 10.5 Å². The molecule has 39 heavy (non-hydrogen) atoms. The Hall–Kier alpha value is -3.30. The molecule has 10 heteroatoms. The van der Waals surface area contributed by atoms with Crippen molar-refractivity contribution in [3.63, 3.8) is 0 Å². The van der Waals surface area contributed by atoms with Crippen molar-refractivity contribution in [3.8, 4) is 5.75 Å². The maximum atomic E-state index is 14.1. The SMILES string of the molecule is CCCCCN(C(=O)C(CC(N)=O)NC(=O)OC(C)(C)C)C(C(=O)NC1CCCCC1)c1cccc(C)c1O. The Morgan fingerprint density at radius 3 is 2.38 bits per heavy atom. The first-order chi connectivity index (χ1) is 18.3. The quantitative estimate of drug-likeness (QED) is 0.291. The lowest BCUT2D eigenvalue weighted by molar-refractivity contribution is -0.143. The number of benzene rings is 1. The normalized spacial score (nSPS) is 15.6. The average molecular weight is 547 g/mol. The molecule has 4 amide bonds. The third kappa shape index (κ3) is 10.1. The number of nitrogens with zero attached hydrogens (tertiary/aromatic N) is 1. The fraction of sp³-hybridized carbons (Fsp3) is 0.655. The van der Waals surface area contributed by atoms with Gasteiger partial charge in [-0.3, -0.25) is 14.4 Å². The van der Waals surface area contributed by atoms with Crippen LogP contribution in [0.15, 0.2) is 18.2 Å². The number of primary amides is 1. The van der Waals surface area contributed by atoms with Crippen LogP contribution in [0.1, 0.15) is 103 Å². The summed E-state index contributed by atoms with van der Waals surface area (Å²) in [6.07, 6.45) is 5.70. The van der Waals surface area contributed by atoms with Crippen LogP contribution in [0.2, 0.25) is 0 Å². The van der Waals surface area contributed by atoms with Crippen molar-refractivity contribution in [3.05, 3.63) is 29.3 Å². The minimum atomic E-state index is -1.35. The van der Waals surface area contributed by atoms with E-state index >= 15 is 0 Å². The fourth-order valence-electron chi connectivity index (χ4n) is 4.83. The fourth-order valence-corrected chi connectivity index (χ4v) is 4.83. The Kier molecular flexibility index (Phi) is 12.1. The summed E-state index contributed by atoms with van der Waals surface area (Å²) in [6.45, 7) is 8.96. The van der Waals surface area contributed by atoms with Gasteiger partial charge in [0, 0.05) is 18.2 Å². The van der Waals surface area contributed by atoms with Gasteiger partial charge in [-0.2, -0.15) is 0 Å². The monoisotopic (exact) mass is 546 g/mol. The first-order valence-corrected chi connectivity index (χ1v) is 14.0. The Morgan fingerprint density at radius 1 is 1.13 bits per heavy atom. The number of hydrogen-bond acceptors (Lipinski definition) is 6. The Morgan fingerprint density at radius 2 is 1.79 bits per heavy atom. The molecule has 218 valence electrons. The summed E-state index contributed by atoms with van der Waals surface area (Å²) >= 11 is 0. The number of ether oxygens (including phenoxy) is 1. The molecule has 1 fully saturated rings. The van der Waals surface area contributed by atoms with E-state index in [9.17, 15) is 24.3 Å². The maximum absolute atomic E-state index is 14.1. The Bertz CT molecular complexity index is 1000. The van der Waals surface area contributed by atoms with Crippen LogP contribution in [0.4, 0.5) is 4.79 Å². The highest BCUT2D eigenvalue weighted by Gasteiger charge is 2.38. The number of aryl methyl sites for hydroxylation is 1. The van der Waals surface area contributed by atoms with Crippen molar-refractivity contribution in [1.29, 1.82) is 0 Å². The molecule has 0 aliphatic heterocycles. The zero-order chi connectivity index (χ0) is 29.2. The number of unbranched alkanes of at least 4 members (excludes halogenated alkanes) is 2. The third-order valence-electron chi connectivity index (χ3n) is 6.76. The molecule has 5 N–H and O–H groups in total. The van der Waals surface area contributed by atoms with Gasteiger partial charge in [0.2, 0.25) is 17.7 Å². The summed E-state index contributed by atoms with van der Waals surface area (Å²) < 4.78 is 5.31. The predicted octanol–water partition coefficient (Wildman–Crippen LogP) is 3.98. The first-order valence-electron chi connectivity index (χ1n) is 14.0. The van der Waals surface area contributed by atoms with Crippen LogP contribution in [0, 0.1) is 6.92 Å². The zero-order valence-corrected chi connectivity index (χ0v) is 24.0. The summed E-state index contributed by atoms with van der Waals surface area (Å²) in [5.74, 6) is -1.94. The number of carbonyl (C=O) groups excluding carboxylic acids is 4. The summed E-state index contributed by atoms with van der Waals surface area (Å²) in [5.41, 5.74) is 5.46. The van der Waals surface area contributed by atoms with E-state index in [1.165, 1.54) is 4.90 Å². The van der Waals surface area contributed by atoms with Crippen molar-refractivity contribution in [2.24, 2.45) is 5.73 Å². The van der Waals surface area contributed by atoms with Gasteiger partial charge in [-0.15, -0.1) is 0 Å². The standard InChI is InChI=1S/C29H46N4O6/c1-6-7-11-17-33(27(37)22(18-23(30)34)32-28(38)39-29(3,4)5)24(21-16-12-13-19(2)25(21)35)26(36)31-20-14-9-8-10-15-20/h12-13,16,20,22,24,35H,6-11,14-15,17-18H2,1-5H3,(H2,30,34)(H,31,36)(H,32,38). The lowest BCUT2D eigenvalue weighted by Crippen LogP contribution is -2.55. The van der Waals surface area contributed by atoms with Crippen molar-refractivity contribution in [2.45, 2.75) is 116 Å². The molecule has 1 aliphatic carbocycles.